The SMILES string of the molecule is CCCCNC(=O)C1CCN(C(=O)[C@H](N)C(C)C)CC1. The van der Waals surface area contributed by atoms with E-state index >= 15 is 0 Å². The molecule has 0 radical (unpaired) electrons. The molecule has 0 spiro atoms. The second kappa shape index (κ2) is 8.25. The first-order chi connectivity index (χ1) is 9.47. The molecule has 1 aliphatic rings. The normalized spacial score (nSPS) is 18.1. The van der Waals surface area contributed by atoms with E-state index in [4.69, 9.17) is 5.73 Å². The number of nitrogens with zero attached hydrogens (tertiary/aromatic N) is 1. The molecule has 0 bridgehead atoms. The van der Waals surface area contributed by atoms with Crippen LogP contribution in [0.25, 0.3) is 0 Å². The molecule has 5 nitrogen and oxygen atoms in total. The first-order valence-electron chi connectivity index (χ1n) is 7.79. The van der Waals surface area contributed by atoms with Gasteiger partial charge >= 0.3 is 0 Å². The van der Waals surface area contributed by atoms with Gasteiger partial charge in [-0.15, -0.1) is 0 Å². The molecule has 20 heavy (non-hydrogen) atoms. The summed E-state index contributed by atoms with van der Waals surface area (Å²) in [7, 11) is 0. The van der Waals surface area contributed by atoms with Crippen LogP contribution in [0.4, 0.5) is 0 Å². The van der Waals surface area contributed by atoms with Gasteiger partial charge in [0.05, 0.1) is 6.04 Å². The van der Waals surface area contributed by atoms with E-state index in [2.05, 4.69) is 12.2 Å². The Morgan fingerprint density at radius 3 is 2.40 bits per heavy atom. The van der Waals surface area contributed by atoms with Crippen LogP contribution in [0.2, 0.25) is 0 Å². The summed E-state index contributed by atoms with van der Waals surface area (Å²) in [5.41, 5.74) is 5.90. The van der Waals surface area contributed by atoms with Crippen molar-refractivity contribution in [2.45, 2.75) is 52.5 Å². The molecule has 0 saturated carbocycles. The number of nitrogens with two attached hydrogens (primary N) is 1. The van der Waals surface area contributed by atoms with Crippen LogP contribution in [0.3, 0.4) is 0 Å². The molecule has 2 amide bonds. The lowest BCUT2D eigenvalue weighted by Crippen LogP contribution is -2.50. The van der Waals surface area contributed by atoms with Crippen LogP contribution in [0.1, 0.15) is 46.5 Å². The largest absolute Gasteiger partial charge is 0.356 e. The Kier molecular flexibility index (Phi) is 6.99. The van der Waals surface area contributed by atoms with Gasteiger partial charge in [-0.05, 0) is 25.2 Å². The van der Waals surface area contributed by atoms with Crippen molar-refractivity contribution in [1.29, 1.82) is 0 Å². The summed E-state index contributed by atoms with van der Waals surface area (Å²) in [6.07, 6.45) is 3.59. The Morgan fingerprint density at radius 2 is 1.90 bits per heavy atom. The number of hydrogen-bond acceptors (Lipinski definition) is 3. The van der Waals surface area contributed by atoms with Crippen LogP contribution >= 0.6 is 0 Å². The molecule has 1 rings (SSSR count). The van der Waals surface area contributed by atoms with Gasteiger partial charge in [-0.3, -0.25) is 9.59 Å². The fourth-order valence-electron chi connectivity index (χ4n) is 2.39. The summed E-state index contributed by atoms with van der Waals surface area (Å²) in [4.78, 5) is 25.9. The number of carbonyl (C=O) groups excluding carboxylic acids is 2. The predicted octanol–water partition coefficient (Wildman–Crippen LogP) is 1.12. The highest BCUT2D eigenvalue weighted by Crippen LogP contribution is 2.18. The van der Waals surface area contributed by atoms with Gasteiger partial charge in [-0.25, -0.2) is 0 Å². The third kappa shape index (κ3) is 4.78. The minimum atomic E-state index is -0.426. The first kappa shape index (κ1) is 17.0. The van der Waals surface area contributed by atoms with E-state index < -0.39 is 6.04 Å². The van der Waals surface area contributed by atoms with E-state index in [9.17, 15) is 9.59 Å². The maximum atomic E-state index is 12.1. The summed E-state index contributed by atoms with van der Waals surface area (Å²) in [5, 5.41) is 2.97. The zero-order valence-corrected chi connectivity index (χ0v) is 13.0. The average molecular weight is 283 g/mol. The molecular weight excluding hydrogens is 254 g/mol. The number of likely N-dealkylation sites (tertiary alicyclic amines) is 1. The lowest BCUT2D eigenvalue weighted by molar-refractivity contribution is -0.137. The minimum Gasteiger partial charge on any atom is -0.356 e. The maximum absolute atomic E-state index is 12.1. The van der Waals surface area contributed by atoms with Crippen molar-refractivity contribution in [3.63, 3.8) is 0 Å². The lowest BCUT2D eigenvalue weighted by atomic mass is 9.94. The van der Waals surface area contributed by atoms with Crippen molar-refractivity contribution >= 4 is 11.8 Å². The standard InChI is InChI=1S/C15H29N3O2/c1-4-5-8-17-14(19)12-6-9-18(10-7-12)15(20)13(16)11(2)3/h11-13H,4-10,16H2,1-3H3,(H,17,19)/t13-/m1/s1. The molecular formula is C15H29N3O2. The van der Waals surface area contributed by atoms with Crippen LogP contribution < -0.4 is 11.1 Å². The van der Waals surface area contributed by atoms with Crippen molar-refractivity contribution in [2.24, 2.45) is 17.6 Å². The summed E-state index contributed by atoms with van der Waals surface area (Å²) < 4.78 is 0. The fraction of sp³-hybridized carbons (Fsp3) is 0.867. The molecule has 116 valence electrons. The molecule has 0 aromatic carbocycles. The van der Waals surface area contributed by atoms with Gasteiger partial charge in [-0.1, -0.05) is 27.2 Å². The van der Waals surface area contributed by atoms with Crippen molar-refractivity contribution in [3.05, 3.63) is 0 Å². The van der Waals surface area contributed by atoms with E-state index in [1.54, 1.807) is 4.90 Å². The molecule has 0 aromatic rings. The van der Waals surface area contributed by atoms with E-state index in [0.717, 1.165) is 32.2 Å². The quantitative estimate of drug-likeness (QED) is 0.717. The topological polar surface area (TPSA) is 75.4 Å². The van der Waals surface area contributed by atoms with Crippen molar-refractivity contribution in [2.75, 3.05) is 19.6 Å². The van der Waals surface area contributed by atoms with E-state index in [1.807, 2.05) is 13.8 Å². The highest BCUT2D eigenvalue weighted by atomic mass is 16.2. The minimum absolute atomic E-state index is 0.0184. The van der Waals surface area contributed by atoms with Crippen molar-refractivity contribution in [1.82, 2.24) is 10.2 Å². The van der Waals surface area contributed by atoms with E-state index in [-0.39, 0.29) is 23.7 Å². The van der Waals surface area contributed by atoms with Gasteiger partial charge in [0.2, 0.25) is 11.8 Å². The van der Waals surface area contributed by atoms with Gasteiger partial charge in [0.1, 0.15) is 0 Å². The molecule has 5 heteroatoms. The Labute approximate surface area is 122 Å². The second-order valence-corrected chi connectivity index (χ2v) is 6.01. The van der Waals surface area contributed by atoms with Crippen LogP contribution in [0.5, 0.6) is 0 Å². The number of amides is 2. The molecule has 1 heterocycles. The highest BCUT2D eigenvalue weighted by molar-refractivity contribution is 5.83. The summed E-state index contributed by atoms with van der Waals surface area (Å²) in [6, 6.07) is -0.426. The van der Waals surface area contributed by atoms with Gasteiger partial charge in [0, 0.05) is 25.6 Å². The molecule has 0 aliphatic carbocycles. The van der Waals surface area contributed by atoms with Gasteiger partial charge in [0.15, 0.2) is 0 Å². The highest BCUT2D eigenvalue weighted by Gasteiger charge is 2.30. The Morgan fingerprint density at radius 1 is 1.30 bits per heavy atom. The van der Waals surface area contributed by atoms with Gasteiger partial charge in [-0.2, -0.15) is 0 Å². The molecule has 1 fully saturated rings. The van der Waals surface area contributed by atoms with Crippen molar-refractivity contribution in [3.8, 4) is 0 Å². The predicted molar refractivity (Wildman–Crippen MR) is 80.0 cm³/mol. The number of nitrogens with one attached hydrogen (secondary N) is 1. The second-order valence-electron chi connectivity index (χ2n) is 6.01. The first-order valence-corrected chi connectivity index (χ1v) is 7.79. The van der Waals surface area contributed by atoms with E-state index in [1.165, 1.54) is 0 Å². The third-order valence-electron chi connectivity index (χ3n) is 4.01. The molecule has 0 unspecified atom stereocenters. The number of carbonyl (C=O) groups is 2. The van der Waals surface area contributed by atoms with Crippen LogP contribution in [0, 0.1) is 11.8 Å². The monoisotopic (exact) mass is 283 g/mol. The number of piperidine rings is 1. The molecule has 0 aromatic heterocycles. The molecule has 1 atom stereocenters. The van der Waals surface area contributed by atoms with Crippen LogP contribution in [-0.4, -0.2) is 42.4 Å². The van der Waals surface area contributed by atoms with E-state index in [0.29, 0.717) is 13.1 Å². The van der Waals surface area contributed by atoms with Crippen molar-refractivity contribution < 1.29 is 9.59 Å². The summed E-state index contributed by atoms with van der Waals surface area (Å²) in [6.45, 7) is 8.06. The smallest absolute Gasteiger partial charge is 0.239 e. The zero-order chi connectivity index (χ0) is 15.1. The number of rotatable bonds is 6. The lowest BCUT2D eigenvalue weighted by Gasteiger charge is -2.33. The molecule has 1 saturated heterocycles. The van der Waals surface area contributed by atoms with Crippen LogP contribution in [0.15, 0.2) is 0 Å². The average Bonchev–Trinajstić information content (AvgIpc) is 2.46. The van der Waals surface area contributed by atoms with Gasteiger partial charge < -0.3 is 16.0 Å². The summed E-state index contributed by atoms with van der Waals surface area (Å²) >= 11 is 0. The Balaban J connectivity index is 2.36. The Hall–Kier alpha value is -1.10. The number of hydrogen-bond donors (Lipinski definition) is 2. The fourth-order valence-corrected chi connectivity index (χ4v) is 2.39. The zero-order valence-electron chi connectivity index (χ0n) is 13.0. The Bertz CT molecular complexity index is 323. The van der Waals surface area contributed by atoms with Crippen LogP contribution in [-0.2, 0) is 9.59 Å². The number of unbranched alkanes of at least 4 members (excludes halogenated alkanes) is 1. The van der Waals surface area contributed by atoms with Gasteiger partial charge in [0.25, 0.3) is 0 Å². The molecule has 1 aliphatic heterocycles. The maximum Gasteiger partial charge on any atom is 0.239 e. The molecule has 3 N–H and O–H groups in total. The third-order valence-corrected chi connectivity index (χ3v) is 4.01. The summed E-state index contributed by atoms with van der Waals surface area (Å²) in [5.74, 6) is 0.354.